The van der Waals surface area contributed by atoms with Gasteiger partial charge in [0.25, 0.3) is 5.91 Å². The first-order chi connectivity index (χ1) is 5.13. The summed E-state index contributed by atoms with van der Waals surface area (Å²) in [5.74, 6) is -2.12. The van der Waals surface area contributed by atoms with E-state index in [1.807, 2.05) is 0 Å². The van der Waals surface area contributed by atoms with Crippen LogP contribution < -0.4 is 5.73 Å². The number of hydrogen-bond donors (Lipinski definition) is 2. The average Bonchev–Trinajstić information content (AvgIpc) is 2.32. The van der Waals surface area contributed by atoms with Crippen molar-refractivity contribution in [1.82, 2.24) is 9.59 Å². The Labute approximate surface area is 64.8 Å². The molecule has 0 bridgehead atoms. The summed E-state index contributed by atoms with van der Waals surface area (Å²) in [5, 5.41) is 11.7. The van der Waals surface area contributed by atoms with Gasteiger partial charge in [0, 0.05) is 0 Å². The van der Waals surface area contributed by atoms with Crippen LogP contribution in [0.2, 0.25) is 0 Å². The topological polar surface area (TPSA) is 106 Å². The van der Waals surface area contributed by atoms with Crippen molar-refractivity contribution in [2.45, 2.75) is 0 Å². The molecule has 7 heteroatoms. The number of amides is 1. The Balaban J connectivity index is 3.16. The van der Waals surface area contributed by atoms with E-state index in [1.54, 1.807) is 0 Å². The molecule has 0 fully saturated rings. The highest BCUT2D eigenvalue weighted by Gasteiger charge is 2.18. The van der Waals surface area contributed by atoms with E-state index < -0.39 is 11.9 Å². The van der Waals surface area contributed by atoms with Crippen LogP contribution >= 0.6 is 11.5 Å². The molecule has 1 aromatic rings. The van der Waals surface area contributed by atoms with Crippen molar-refractivity contribution in [3.8, 4) is 0 Å². The summed E-state index contributed by atoms with van der Waals surface area (Å²) in [6, 6.07) is 0. The second-order valence-corrected chi connectivity index (χ2v) is 2.37. The molecule has 0 saturated heterocycles. The Kier molecular flexibility index (Phi) is 1.81. The molecule has 0 saturated carbocycles. The SMILES string of the molecule is NC(=O)c1nnsc1C(=O)O. The van der Waals surface area contributed by atoms with Gasteiger partial charge in [-0.3, -0.25) is 4.79 Å². The molecular weight excluding hydrogens is 170 g/mol. The molecule has 0 radical (unpaired) electrons. The molecule has 0 aliphatic heterocycles. The number of rotatable bonds is 2. The van der Waals surface area contributed by atoms with Crippen LogP contribution in [0, 0.1) is 0 Å². The summed E-state index contributed by atoms with van der Waals surface area (Å²) >= 11 is 0.624. The predicted molar refractivity (Wildman–Crippen MR) is 35.4 cm³/mol. The first kappa shape index (κ1) is 7.61. The largest absolute Gasteiger partial charge is 0.477 e. The molecule has 0 atom stereocenters. The number of hydrogen-bond acceptors (Lipinski definition) is 5. The van der Waals surface area contributed by atoms with Crippen LogP contribution in [0.15, 0.2) is 0 Å². The van der Waals surface area contributed by atoms with Crippen molar-refractivity contribution in [1.29, 1.82) is 0 Å². The Morgan fingerprint density at radius 3 is 2.55 bits per heavy atom. The number of primary amides is 1. The minimum Gasteiger partial charge on any atom is -0.477 e. The van der Waals surface area contributed by atoms with Gasteiger partial charge < -0.3 is 10.8 Å². The zero-order valence-corrected chi connectivity index (χ0v) is 5.96. The van der Waals surface area contributed by atoms with Crippen LogP contribution in [0.25, 0.3) is 0 Å². The third-order valence-corrected chi connectivity index (χ3v) is 1.63. The third kappa shape index (κ3) is 1.32. The first-order valence-electron chi connectivity index (χ1n) is 2.48. The molecule has 6 nitrogen and oxygen atoms in total. The maximum absolute atomic E-state index is 10.5. The van der Waals surface area contributed by atoms with Crippen LogP contribution in [0.5, 0.6) is 0 Å². The highest BCUT2D eigenvalue weighted by Crippen LogP contribution is 2.08. The fourth-order valence-corrected chi connectivity index (χ4v) is 1.00. The number of carbonyl (C=O) groups is 2. The average molecular weight is 173 g/mol. The van der Waals surface area contributed by atoms with Crippen molar-refractivity contribution in [3.05, 3.63) is 10.6 Å². The summed E-state index contributed by atoms with van der Waals surface area (Å²) < 4.78 is 3.27. The number of nitrogens with zero attached hydrogens (tertiary/aromatic N) is 2. The van der Waals surface area contributed by atoms with Gasteiger partial charge in [-0.05, 0) is 11.5 Å². The summed E-state index contributed by atoms with van der Waals surface area (Å²) in [5.41, 5.74) is 4.51. The molecule has 1 rings (SSSR count). The summed E-state index contributed by atoms with van der Waals surface area (Å²) in [4.78, 5) is 20.5. The van der Waals surface area contributed by atoms with E-state index in [1.165, 1.54) is 0 Å². The van der Waals surface area contributed by atoms with Gasteiger partial charge in [-0.1, -0.05) is 4.49 Å². The Morgan fingerprint density at radius 1 is 1.55 bits per heavy atom. The second kappa shape index (κ2) is 2.62. The van der Waals surface area contributed by atoms with Crippen molar-refractivity contribution in [3.63, 3.8) is 0 Å². The zero-order valence-electron chi connectivity index (χ0n) is 5.14. The van der Waals surface area contributed by atoms with Crippen LogP contribution in [0.3, 0.4) is 0 Å². The standard InChI is InChI=1S/C4H3N3O3S/c5-3(8)1-2(4(9)10)11-7-6-1/h(H2,5,8)(H,9,10). The van der Waals surface area contributed by atoms with Gasteiger partial charge in [-0.15, -0.1) is 5.10 Å². The van der Waals surface area contributed by atoms with Crippen molar-refractivity contribution in [2.75, 3.05) is 0 Å². The van der Waals surface area contributed by atoms with E-state index in [4.69, 9.17) is 10.8 Å². The molecule has 1 amide bonds. The maximum Gasteiger partial charge on any atom is 0.350 e. The number of carboxylic acids is 1. The summed E-state index contributed by atoms with van der Waals surface area (Å²) in [6.45, 7) is 0. The van der Waals surface area contributed by atoms with Crippen LogP contribution in [0.4, 0.5) is 0 Å². The van der Waals surface area contributed by atoms with Crippen molar-refractivity contribution in [2.24, 2.45) is 5.73 Å². The number of carbonyl (C=O) groups excluding carboxylic acids is 1. The highest BCUT2D eigenvalue weighted by atomic mass is 32.1. The highest BCUT2D eigenvalue weighted by molar-refractivity contribution is 7.08. The number of aromatic carboxylic acids is 1. The Bertz CT molecular complexity index is 279. The normalized spacial score (nSPS) is 9.45. The molecule has 58 valence electrons. The minimum atomic E-state index is -1.24. The Hall–Kier alpha value is -1.50. The lowest BCUT2D eigenvalue weighted by Crippen LogP contribution is -2.15. The molecule has 0 unspecified atom stereocenters. The van der Waals surface area contributed by atoms with Crippen LogP contribution in [0.1, 0.15) is 20.2 Å². The fourth-order valence-electron chi connectivity index (χ4n) is 0.492. The molecule has 0 aromatic carbocycles. The Morgan fingerprint density at radius 2 is 2.18 bits per heavy atom. The lowest BCUT2D eigenvalue weighted by atomic mass is 10.3. The molecule has 1 heterocycles. The molecule has 0 aliphatic rings. The summed E-state index contributed by atoms with van der Waals surface area (Å²) in [6.07, 6.45) is 0. The predicted octanol–water partition coefficient (Wildman–Crippen LogP) is -0.665. The molecule has 11 heavy (non-hydrogen) atoms. The van der Waals surface area contributed by atoms with E-state index in [0.717, 1.165) is 0 Å². The first-order valence-corrected chi connectivity index (χ1v) is 3.25. The monoisotopic (exact) mass is 173 g/mol. The lowest BCUT2D eigenvalue weighted by molar-refractivity contribution is 0.0697. The molecular formula is C4H3N3O3S. The van der Waals surface area contributed by atoms with Gasteiger partial charge in [-0.25, -0.2) is 4.79 Å². The number of aromatic nitrogens is 2. The van der Waals surface area contributed by atoms with Crippen LogP contribution in [-0.4, -0.2) is 26.6 Å². The van der Waals surface area contributed by atoms with E-state index in [9.17, 15) is 9.59 Å². The van der Waals surface area contributed by atoms with Crippen molar-refractivity contribution >= 4 is 23.4 Å². The molecule has 0 spiro atoms. The number of carboxylic acid groups (broad SMARTS) is 1. The van der Waals surface area contributed by atoms with Gasteiger partial charge in [0.15, 0.2) is 10.6 Å². The second-order valence-electron chi connectivity index (χ2n) is 1.62. The minimum absolute atomic E-state index is 0.225. The van der Waals surface area contributed by atoms with Gasteiger partial charge in [0.1, 0.15) is 0 Å². The van der Waals surface area contributed by atoms with Gasteiger partial charge in [0.2, 0.25) is 0 Å². The van der Waals surface area contributed by atoms with Gasteiger partial charge in [-0.2, -0.15) is 0 Å². The van der Waals surface area contributed by atoms with E-state index in [-0.39, 0.29) is 10.6 Å². The molecule has 0 aliphatic carbocycles. The smallest absolute Gasteiger partial charge is 0.350 e. The fraction of sp³-hybridized carbons (Fsp3) is 0. The van der Waals surface area contributed by atoms with E-state index in [0.29, 0.717) is 11.5 Å². The zero-order chi connectivity index (χ0) is 8.43. The van der Waals surface area contributed by atoms with Gasteiger partial charge in [0.05, 0.1) is 0 Å². The molecule has 3 N–H and O–H groups in total. The molecule has 1 aromatic heterocycles. The van der Waals surface area contributed by atoms with E-state index in [2.05, 4.69) is 9.59 Å². The maximum atomic E-state index is 10.5. The lowest BCUT2D eigenvalue weighted by Gasteiger charge is -1.87. The third-order valence-electron chi connectivity index (χ3n) is 0.916. The quantitative estimate of drug-likeness (QED) is 0.617. The summed E-state index contributed by atoms with van der Waals surface area (Å²) in [7, 11) is 0. The number of nitrogens with two attached hydrogens (primary N) is 1. The van der Waals surface area contributed by atoms with E-state index >= 15 is 0 Å². The van der Waals surface area contributed by atoms with Gasteiger partial charge >= 0.3 is 5.97 Å². The van der Waals surface area contributed by atoms with Crippen LogP contribution in [-0.2, 0) is 0 Å². The van der Waals surface area contributed by atoms with Crippen molar-refractivity contribution < 1.29 is 14.7 Å².